The number of hydrogen-bond acceptors (Lipinski definition) is 10. The molecule has 0 bridgehead atoms. The van der Waals surface area contributed by atoms with E-state index in [0.29, 0.717) is 91.6 Å². The standard InChI is InChI=1S/C32H54O10/c1-3-5-6-7-8-9-10-11-29-28-30(12-13-31(29)33)41-26-24-39-22-20-37-18-16-35-14-15-36-17-19-38-21-23-40-25-27-42-32(34)4-2/h4,12-13,28,33H,2-3,5-11,14-27H2,1H3. The molecule has 1 aromatic rings. The van der Waals surface area contributed by atoms with Crippen molar-refractivity contribution in [1.29, 1.82) is 0 Å². The molecule has 0 heterocycles. The first-order valence-corrected chi connectivity index (χ1v) is 15.4. The smallest absolute Gasteiger partial charge is 0.330 e. The maximum atomic E-state index is 10.8. The molecule has 0 aliphatic carbocycles. The predicted molar refractivity (Wildman–Crippen MR) is 161 cm³/mol. The minimum Gasteiger partial charge on any atom is -0.508 e. The number of phenolic OH excluding ortho intramolecular Hbond substituents is 1. The number of phenols is 1. The molecule has 0 spiro atoms. The summed E-state index contributed by atoms with van der Waals surface area (Å²) in [5.41, 5.74) is 0.944. The topological polar surface area (TPSA) is 111 Å². The number of carbonyl (C=O) groups excluding carboxylic acids is 1. The number of esters is 1. The third-order valence-corrected chi connectivity index (χ3v) is 6.10. The maximum Gasteiger partial charge on any atom is 0.330 e. The number of hydrogen-bond donors (Lipinski definition) is 1. The van der Waals surface area contributed by atoms with E-state index >= 15 is 0 Å². The molecule has 0 aromatic heterocycles. The lowest BCUT2D eigenvalue weighted by molar-refractivity contribution is -0.139. The van der Waals surface area contributed by atoms with Crippen molar-refractivity contribution >= 4 is 5.97 Å². The van der Waals surface area contributed by atoms with E-state index in [0.717, 1.165) is 30.2 Å². The molecule has 1 aromatic carbocycles. The van der Waals surface area contributed by atoms with E-state index in [9.17, 15) is 9.90 Å². The van der Waals surface area contributed by atoms with E-state index in [4.69, 9.17) is 37.9 Å². The fourth-order valence-electron chi connectivity index (χ4n) is 3.80. The van der Waals surface area contributed by atoms with E-state index in [-0.39, 0.29) is 6.61 Å². The summed E-state index contributed by atoms with van der Waals surface area (Å²) in [7, 11) is 0. The highest BCUT2D eigenvalue weighted by Crippen LogP contribution is 2.25. The first-order valence-electron chi connectivity index (χ1n) is 15.4. The molecule has 0 saturated heterocycles. The van der Waals surface area contributed by atoms with Gasteiger partial charge in [-0.05, 0) is 36.6 Å². The van der Waals surface area contributed by atoms with Crippen molar-refractivity contribution in [3.05, 3.63) is 36.4 Å². The van der Waals surface area contributed by atoms with Gasteiger partial charge in [-0.1, -0.05) is 52.0 Å². The lowest BCUT2D eigenvalue weighted by atomic mass is 10.0. The molecular formula is C32H54O10. The number of benzene rings is 1. The minimum absolute atomic E-state index is 0.200. The van der Waals surface area contributed by atoms with Crippen LogP contribution in [0.1, 0.15) is 57.4 Å². The van der Waals surface area contributed by atoms with Gasteiger partial charge in [-0.2, -0.15) is 0 Å². The van der Waals surface area contributed by atoms with E-state index in [2.05, 4.69) is 13.5 Å². The molecule has 1 rings (SSSR count). The Morgan fingerprint density at radius 3 is 1.62 bits per heavy atom. The van der Waals surface area contributed by atoms with Gasteiger partial charge in [0.1, 0.15) is 24.7 Å². The van der Waals surface area contributed by atoms with Gasteiger partial charge >= 0.3 is 5.97 Å². The molecule has 0 aliphatic rings. The van der Waals surface area contributed by atoms with Crippen LogP contribution in [0.25, 0.3) is 0 Å². The average molecular weight is 599 g/mol. The molecule has 0 fully saturated rings. The molecule has 42 heavy (non-hydrogen) atoms. The van der Waals surface area contributed by atoms with Gasteiger partial charge in [-0.3, -0.25) is 0 Å². The maximum absolute atomic E-state index is 10.8. The normalized spacial score (nSPS) is 11.1. The molecule has 10 heteroatoms. The van der Waals surface area contributed by atoms with Gasteiger partial charge in [0, 0.05) is 6.08 Å². The van der Waals surface area contributed by atoms with E-state index in [1.165, 1.54) is 38.5 Å². The molecule has 1 N–H and O–H groups in total. The van der Waals surface area contributed by atoms with Crippen molar-refractivity contribution in [3.8, 4) is 11.5 Å². The van der Waals surface area contributed by atoms with Crippen LogP contribution in [0.4, 0.5) is 0 Å². The quantitative estimate of drug-likeness (QED) is 0.0720. The summed E-state index contributed by atoms with van der Waals surface area (Å²) in [5, 5.41) is 10.1. The fourth-order valence-corrected chi connectivity index (χ4v) is 3.80. The highest BCUT2D eigenvalue weighted by molar-refractivity contribution is 5.81. The molecule has 0 amide bonds. The third-order valence-electron chi connectivity index (χ3n) is 6.10. The van der Waals surface area contributed by atoms with Crippen LogP contribution in [0.5, 0.6) is 11.5 Å². The monoisotopic (exact) mass is 598 g/mol. The van der Waals surface area contributed by atoms with Crippen molar-refractivity contribution in [2.45, 2.75) is 58.3 Å². The summed E-state index contributed by atoms with van der Waals surface area (Å²) >= 11 is 0. The first kappa shape index (κ1) is 37.8. The predicted octanol–water partition coefficient (Wildman–Crippen LogP) is 4.89. The van der Waals surface area contributed by atoms with Crippen molar-refractivity contribution in [2.24, 2.45) is 0 Å². The molecule has 0 radical (unpaired) electrons. The fraction of sp³-hybridized carbons (Fsp3) is 0.719. The highest BCUT2D eigenvalue weighted by atomic mass is 16.6. The Morgan fingerprint density at radius 2 is 1.12 bits per heavy atom. The molecule has 0 saturated carbocycles. The first-order chi connectivity index (χ1) is 20.7. The second kappa shape index (κ2) is 28.9. The van der Waals surface area contributed by atoms with Crippen LogP contribution < -0.4 is 4.74 Å². The largest absolute Gasteiger partial charge is 0.508 e. The van der Waals surface area contributed by atoms with Crippen molar-refractivity contribution in [2.75, 3.05) is 92.5 Å². The van der Waals surface area contributed by atoms with E-state index in [1.807, 2.05) is 6.07 Å². The Labute approximate surface area is 252 Å². The van der Waals surface area contributed by atoms with E-state index in [1.54, 1.807) is 12.1 Å². The Morgan fingerprint density at radius 1 is 0.667 bits per heavy atom. The molecular weight excluding hydrogens is 544 g/mol. The molecule has 0 aliphatic heterocycles. The second-order valence-electron chi connectivity index (χ2n) is 9.56. The Bertz CT molecular complexity index is 774. The van der Waals surface area contributed by atoms with Crippen LogP contribution >= 0.6 is 0 Å². The zero-order chi connectivity index (χ0) is 30.4. The molecule has 0 unspecified atom stereocenters. The van der Waals surface area contributed by atoms with Crippen LogP contribution in [0.15, 0.2) is 30.9 Å². The van der Waals surface area contributed by atoms with Crippen LogP contribution in [0.3, 0.4) is 0 Å². The van der Waals surface area contributed by atoms with Gasteiger partial charge in [0.15, 0.2) is 0 Å². The summed E-state index contributed by atoms with van der Waals surface area (Å²) in [6, 6.07) is 5.43. The van der Waals surface area contributed by atoms with Crippen molar-refractivity contribution in [3.63, 3.8) is 0 Å². The van der Waals surface area contributed by atoms with Gasteiger partial charge < -0.3 is 43.0 Å². The summed E-state index contributed by atoms with van der Waals surface area (Å²) in [4.78, 5) is 10.8. The van der Waals surface area contributed by atoms with Crippen LogP contribution in [-0.4, -0.2) is 104 Å². The van der Waals surface area contributed by atoms with Crippen molar-refractivity contribution in [1.82, 2.24) is 0 Å². The summed E-state index contributed by atoms with van der Waals surface area (Å²) in [5.74, 6) is 0.637. The van der Waals surface area contributed by atoms with Gasteiger partial charge in [-0.25, -0.2) is 4.79 Å². The highest BCUT2D eigenvalue weighted by Gasteiger charge is 2.04. The van der Waals surface area contributed by atoms with Gasteiger partial charge in [-0.15, -0.1) is 0 Å². The lowest BCUT2D eigenvalue weighted by Crippen LogP contribution is -2.15. The number of aromatic hydroxyl groups is 1. The zero-order valence-corrected chi connectivity index (χ0v) is 25.7. The van der Waals surface area contributed by atoms with Crippen LogP contribution in [0.2, 0.25) is 0 Å². The number of aryl methyl sites for hydroxylation is 1. The lowest BCUT2D eigenvalue weighted by Gasteiger charge is -2.11. The van der Waals surface area contributed by atoms with Crippen LogP contribution in [0, 0.1) is 0 Å². The van der Waals surface area contributed by atoms with Crippen LogP contribution in [-0.2, 0) is 44.4 Å². The average Bonchev–Trinajstić information content (AvgIpc) is 3.00. The van der Waals surface area contributed by atoms with Gasteiger partial charge in [0.2, 0.25) is 0 Å². The molecule has 242 valence electrons. The SMILES string of the molecule is C=CC(=O)OCCOCCOCCOCCOCCOCCOCCOc1ccc(O)c(CCCCCCCCC)c1. The van der Waals surface area contributed by atoms with Gasteiger partial charge in [0.05, 0.1) is 79.3 Å². The molecule has 10 nitrogen and oxygen atoms in total. The van der Waals surface area contributed by atoms with Gasteiger partial charge in [0.25, 0.3) is 0 Å². The number of ether oxygens (including phenoxy) is 8. The summed E-state index contributed by atoms with van der Waals surface area (Å²) in [6.07, 6.45) is 10.7. The van der Waals surface area contributed by atoms with E-state index < -0.39 is 5.97 Å². The Balaban J connectivity index is 1.84. The summed E-state index contributed by atoms with van der Waals surface area (Å²) in [6.45, 7) is 11.7. The Hall–Kier alpha value is -2.21. The minimum atomic E-state index is -0.457. The third kappa shape index (κ3) is 23.4. The summed E-state index contributed by atoms with van der Waals surface area (Å²) < 4.78 is 43.2. The Kier molecular flexibility index (Phi) is 26.0. The number of rotatable bonds is 31. The van der Waals surface area contributed by atoms with Crippen molar-refractivity contribution < 1.29 is 47.8 Å². The number of carbonyl (C=O) groups is 1. The molecule has 0 atom stereocenters. The zero-order valence-electron chi connectivity index (χ0n) is 25.7. The second-order valence-corrected chi connectivity index (χ2v) is 9.56. The number of unbranched alkanes of at least 4 members (excludes halogenated alkanes) is 6.